The highest BCUT2D eigenvalue weighted by atomic mass is 19.1. The van der Waals surface area contributed by atoms with Crippen molar-refractivity contribution in [3.63, 3.8) is 0 Å². The molecule has 1 N–H and O–H groups in total. The number of carboxylic acid groups (broad SMARTS) is 1. The molecular weight excluding hydrogens is 253 g/mol. The van der Waals surface area contributed by atoms with Crippen molar-refractivity contribution in [2.24, 2.45) is 0 Å². The Labute approximate surface area is 109 Å². The predicted octanol–water partition coefficient (Wildman–Crippen LogP) is 1.28. The van der Waals surface area contributed by atoms with Crippen LogP contribution in [0.4, 0.5) is 4.39 Å². The largest absolute Gasteiger partial charge is 0.484 e. The van der Waals surface area contributed by atoms with Gasteiger partial charge in [-0.15, -0.1) is 0 Å². The number of halogens is 1. The van der Waals surface area contributed by atoms with E-state index in [1.54, 1.807) is 0 Å². The lowest BCUT2D eigenvalue weighted by molar-refractivity contribution is -0.145. The molecule has 0 radical (unpaired) electrons. The zero-order valence-electron chi connectivity index (χ0n) is 10.2. The van der Waals surface area contributed by atoms with Crippen molar-refractivity contribution in [2.75, 3.05) is 13.2 Å². The highest BCUT2D eigenvalue weighted by molar-refractivity contribution is 5.83. The van der Waals surface area contributed by atoms with Crippen molar-refractivity contribution in [3.05, 3.63) is 30.1 Å². The van der Waals surface area contributed by atoms with Crippen LogP contribution >= 0.6 is 0 Å². The molecule has 1 aromatic rings. The summed E-state index contributed by atoms with van der Waals surface area (Å²) in [6.07, 6.45) is 1.64. The standard InChI is InChI=1S/C13H14FNO4/c14-9-2-1-3-11(6-9)19-8-12(16)15(7-13(17)18)10-4-5-10/h1-3,6,10H,4-5,7-8H2,(H,17,18). The van der Waals surface area contributed by atoms with Gasteiger partial charge in [0.2, 0.25) is 0 Å². The normalized spacial score (nSPS) is 13.9. The molecule has 19 heavy (non-hydrogen) atoms. The number of carbonyl (C=O) groups excluding carboxylic acids is 1. The van der Waals surface area contributed by atoms with E-state index in [-0.39, 0.29) is 24.9 Å². The first kappa shape index (κ1) is 13.3. The molecule has 0 unspecified atom stereocenters. The van der Waals surface area contributed by atoms with Gasteiger partial charge in [0.15, 0.2) is 6.61 Å². The average Bonchev–Trinajstić information content (AvgIpc) is 3.17. The third-order valence-corrected chi connectivity index (χ3v) is 2.77. The molecule has 1 saturated carbocycles. The smallest absolute Gasteiger partial charge is 0.323 e. The molecule has 2 rings (SSSR count). The zero-order valence-corrected chi connectivity index (χ0v) is 10.2. The lowest BCUT2D eigenvalue weighted by Gasteiger charge is -2.20. The van der Waals surface area contributed by atoms with Gasteiger partial charge in [-0.2, -0.15) is 0 Å². The maximum absolute atomic E-state index is 12.9. The van der Waals surface area contributed by atoms with Crippen molar-refractivity contribution in [1.82, 2.24) is 4.90 Å². The van der Waals surface area contributed by atoms with E-state index in [2.05, 4.69) is 0 Å². The summed E-state index contributed by atoms with van der Waals surface area (Å²) >= 11 is 0. The second kappa shape index (κ2) is 5.69. The Morgan fingerprint density at radius 3 is 2.74 bits per heavy atom. The molecule has 0 aliphatic heterocycles. The van der Waals surface area contributed by atoms with Gasteiger partial charge in [-0.1, -0.05) is 6.07 Å². The van der Waals surface area contributed by atoms with E-state index in [1.807, 2.05) is 0 Å². The Hall–Kier alpha value is -2.11. The minimum absolute atomic E-state index is 0.000269. The zero-order chi connectivity index (χ0) is 13.8. The van der Waals surface area contributed by atoms with E-state index in [0.29, 0.717) is 0 Å². The Balaban J connectivity index is 1.90. The van der Waals surface area contributed by atoms with Gasteiger partial charge in [-0.25, -0.2) is 4.39 Å². The van der Waals surface area contributed by atoms with Crippen LogP contribution in [0.3, 0.4) is 0 Å². The quantitative estimate of drug-likeness (QED) is 0.843. The molecular formula is C13H14FNO4. The Morgan fingerprint density at radius 1 is 1.42 bits per heavy atom. The summed E-state index contributed by atoms with van der Waals surface area (Å²) in [7, 11) is 0. The van der Waals surface area contributed by atoms with Crippen molar-refractivity contribution < 1.29 is 23.8 Å². The fourth-order valence-electron chi connectivity index (χ4n) is 1.74. The third-order valence-electron chi connectivity index (χ3n) is 2.77. The van der Waals surface area contributed by atoms with Crippen molar-refractivity contribution in [2.45, 2.75) is 18.9 Å². The number of benzene rings is 1. The summed E-state index contributed by atoms with van der Waals surface area (Å²) in [5.74, 6) is -1.64. The summed E-state index contributed by atoms with van der Waals surface area (Å²) in [6, 6.07) is 5.46. The number of aliphatic carboxylic acids is 1. The van der Waals surface area contributed by atoms with Crippen LogP contribution in [0.2, 0.25) is 0 Å². The molecule has 1 fully saturated rings. The van der Waals surface area contributed by atoms with Crippen LogP contribution in [0.15, 0.2) is 24.3 Å². The molecule has 0 spiro atoms. The van der Waals surface area contributed by atoms with E-state index < -0.39 is 17.7 Å². The molecule has 1 aliphatic rings. The monoisotopic (exact) mass is 267 g/mol. The maximum Gasteiger partial charge on any atom is 0.323 e. The lowest BCUT2D eigenvalue weighted by atomic mass is 10.3. The Bertz CT molecular complexity index is 487. The SMILES string of the molecule is O=C(O)CN(C(=O)COc1cccc(F)c1)C1CC1. The molecule has 102 valence electrons. The molecule has 0 atom stereocenters. The minimum Gasteiger partial charge on any atom is -0.484 e. The molecule has 1 amide bonds. The second-order valence-corrected chi connectivity index (χ2v) is 4.39. The number of ether oxygens (including phenoxy) is 1. The fraction of sp³-hybridized carbons (Fsp3) is 0.385. The van der Waals surface area contributed by atoms with Gasteiger partial charge in [0.25, 0.3) is 5.91 Å². The van der Waals surface area contributed by atoms with Gasteiger partial charge < -0.3 is 14.7 Å². The number of rotatable bonds is 6. The van der Waals surface area contributed by atoms with Crippen LogP contribution in [0.5, 0.6) is 5.75 Å². The minimum atomic E-state index is -1.05. The number of carbonyl (C=O) groups is 2. The summed E-state index contributed by atoms with van der Waals surface area (Å²) in [6.45, 7) is -0.608. The third kappa shape index (κ3) is 3.94. The van der Waals surface area contributed by atoms with E-state index in [0.717, 1.165) is 12.8 Å². The predicted molar refractivity (Wildman–Crippen MR) is 64.3 cm³/mol. The Kier molecular flexibility index (Phi) is 3.99. The Morgan fingerprint density at radius 2 is 2.16 bits per heavy atom. The number of carboxylic acids is 1. The molecule has 5 nitrogen and oxygen atoms in total. The molecule has 6 heteroatoms. The maximum atomic E-state index is 12.9. The molecule has 0 bridgehead atoms. The summed E-state index contributed by atoms with van der Waals surface area (Å²) in [5, 5.41) is 8.75. The average molecular weight is 267 g/mol. The van der Waals surface area contributed by atoms with Gasteiger partial charge in [0.05, 0.1) is 0 Å². The molecule has 1 aliphatic carbocycles. The van der Waals surface area contributed by atoms with Crippen molar-refractivity contribution >= 4 is 11.9 Å². The molecule has 0 saturated heterocycles. The van der Waals surface area contributed by atoms with Gasteiger partial charge in [0, 0.05) is 12.1 Å². The van der Waals surface area contributed by atoms with E-state index in [1.165, 1.54) is 29.2 Å². The van der Waals surface area contributed by atoms with Crippen LogP contribution in [0.1, 0.15) is 12.8 Å². The van der Waals surface area contributed by atoms with Gasteiger partial charge in [0.1, 0.15) is 18.1 Å². The second-order valence-electron chi connectivity index (χ2n) is 4.39. The van der Waals surface area contributed by atoms with E-state index in [9.17, 15) is 14.0 Å². The van der Waals surface area contributed by atoms with Crippen molar-refractivity contribution in [1.29, 1.82) is 0 Å². The first-order valence-electron chi connectivity index (χ1n) is 5.96. The topological polar surface area (TPSA) is 66.8 Å². The van der Waals surface area contributed by atoms with Crippen LogP contribution < -0.4 is 4.74 Å². The first-order chi connectivity index (χ1) is 9.06. The number of nitrogens with zero attached hydrogens (tertiary/aromatic N) is 1. The van der Waals surface area contributed by atoms with Crippen LogP contribution in [-0.2, 0) is 9.59 Å². The molecule has 1 aromatic carbocycles. The number of amides is 1. The number of hydrogen-bond acceptors (Lipinski definition) is 3. The first-order valence-corrected chi connectivity index (χ1v) is 5.96. The van der Waals surface area contributed by atoms with Gasteiger partial charge in [-0.3, -0.25) is 9.59 Å². The molecule has 0 heterocycles. The molecule has 0 aromatic heterocycles. The van der Waals surface area contributed by atoms with Gasteiger partial charge >= 0.3 is 5.97 Å². The number of hydrogen-bond donors (Lipinski definition) is 1. The van der Waals surface area contributed by atoms with Crippen LogP contribution in [0.25, 0.3) is 0 Å². The highest BCUT2D eigenvalue weighted by Gasteiger charge is 2.33. The highest BCUT2D eigenvalue weighted by Crippen LogP contribution is 2.26. The van der Waals surface area contributed by atoms with E-state index >= 15 is 0 Å². The van der Waals surface area contributed by atoms with Crippen LogP contribution in [0, 0.1) is 5.82 Å². The fourth-order valence-corrected chi connectivity index (χ4v) is 1.74. The summed E-state index contributed by atoms with van der Waals surface area (Å²) < 4.78 is 18.1. The van der Waals surface area contributed by atoms with Gasteiger partial charge in [-0.05, 0) is 25.0 Å². The summed E-state index contributed by atoms with van der Waals surface area (Å²) in [5.41, 5.74) is 0. The lowest BCUT2D eigenvalue weighted by Crippen LogP contribution is -2.40. The van der Waals surface area contributed by atoms with Crippen molar-refractivity contribution in [3.8, 4) is 5.75 Å². The summed E-state index contributed by atoms with van der Waals surface area (Å²) in [4.78, 5) is 23.8. The van der Waals surface area contributed by atoms with Crippen LogP contribution in [-0.4, -0.2) is 41.1 Å². The van der Waals surface area contributed by atoms with E-state index in [4.69, 9.17) is 9.84 Å².